The Morgan fingerprint density at radius 2 is 1.25 bits per heavy atom. The van der Waals surface area contributed by atoms with E-state index in [2.05, 4.69) is 6.92 Å². The van der Waals surface area contributed by atoms with Gasteiger partial charge in [0.1, 0.15) is 0 Å². The molecule has 0 atom stereocenters. The summed E-state index contributed by atoms with van der Waals surface area (Å²) in [5.41, 5.74) is 0. The van der Waals surface area contributed by atoms with E-state index < -0.39 is 0 Å². The van der Waals surface area contributed by atoms with Gasteiger partial charge in [-0.15, -0.1) is 0 Å². The minimum Gasteiger partial charge on any atom is -0.693 e. The topological polar surface area (TPSA) is 33.5 Å². The van der Waals surface area contributed by atoms with Gasteiger partial charge in [0.05, 0.1) is 0 Å². The number of rotatable bonds is 0. The van der Waals surface area contributed by atoms with E-state index in [9.17, 15) is 0 Å². The molecule has 0 aromatic heterocycles. The van der Waals surface area contributed by atoms with Gasteiger partial charge in [-0.1, -0.05) is 0 Å². The van der Waals surface area contributed by atoms with Crippen LogP contribution in [0.15, 0.2) is 0 Å². The molecule has 4 heavy (non-hydrogen) atoms. The fourth-order valence-corrected chi connectivity index (χ4v) is 0. The Morgan fingerprint density at radius 3 is 1.25 bits per heavy atom. The second-order valence-electron chi connectivity index (χ2n) is 0. The molecule has 0 saturated heterocycles. The Balaban J connectivity index is -0.00000000500. The molecule has 0 amide bonds. The smallest absolute Gasteiger partial charge is 0 e. The fraction of sp³-hybridized carbons (Fsp3) is 0.500. The molecule has 2 heteroatoms. The summed E-state index contributed by atoms with van der Waals surface area (Å²) >= 11 is 0. The van der Waals surface area contributed by atoms with Crippen molar-refractivity contribution in [2.45, 2.75) is 6.92 Å². The first-order chi connectivity index (χ1) is 1.00. The van der Waals surface area contributed by atoms with Crippen LogP contribution in [0.25, 0.3) is 6.15 Å². The first-order valence-corrected chi connectivity index (χ1v) is 0.707. The molecule has 1 radical (unpaired) electrons. The number of hydrogen-bond acceptors (Lipinski definition) is 0. The molecule has 0 spiro atoms. The van der Waals surface area contributed by atoms with Crippen molar-refractivity contribution in [2.24, 2.45) is 0 Å². The van der Waals surface area contributed by atoms with Crippen molar-refractivity contribution in [2.75, 3.05) is 0 Å². The van der Waals surface area contributed by atoms with E-state index in [1.807, 2.05) is 0 Å². The van der Waals surface area contributed by atoms with E-state index in [4.69, 9.17) is 0 Å². The van der Waals surface area contributed by atoms with E-state index in [1.54, 1.807) is 6.92 Å². The van der Waals surface area contributed by atoms with Crippen LogP contribution in [0.4, 0.5) is 0 Å². The molecular formula is C2H7NY-2. The predicted octanol–water partition coefficient (Wildman–Crippen LogP) is 1.55. The van der Waals surface area contributed by atoms with Crippen molar-refractivity contribution in [1.82, 2.24) is 0 Å². The second kappa shape index (κ2) is 33.7. The summed E-state index contributed by atoms with van der Waals surface area (Å²) in [6.07, 6.45) is 0. The van der Waals surface area contributed by atoms with Crippen LogP contribution < -0.4 is 0 Å². The minimum atomic E-state index is 0. The van der Waals surface area contributed by atoms with Crippen LogP contribution in [-0.4, -0.2) is 0 Å². The summed E-state index contributed by atoms with van der Waals surface area (Å²) in [5, 5.41) is 0. The van der Waals surface area contributed by atoms with Gasteiger partial charge >= 0.3 is 0 Å². The van der Waals surface area contributed by atoms with Crippen molar-refractivity contribution in [3.05, 3.63) is 13.1 Å². The SMILES string of the molecule is [CH2-]C.[NH2-].[Y]. The predicted molar refractivity (Wildman–Crippen MR) is 16.3 cm³/mol. The molecular weight excluding hydrogens is 127 g/mol. The zero-order chi connectivity index (χ0) is 2.00. The van der Waals surface area contributed by atoms with Gasteiger partial charge in [-0.05, 0) is 0 Å². The van der Waals surface area contributed by atoms with Gasteiger partial charge in [0, 0.05) is 32.7 Å². The Bertz CT molecular complexity index is 6.00. The van der Waals surface area contributed by atoms with Crippen LogP contribution in [0.2, 0.25) is 0 Å². The average molecular weight is 134 g/mol. The molecule has 2 N–H and O–H groups in total. The van der Waals surface area contributed by atoms with Crippen LogP contribution >= 0.6 is 0 Å². The van der Waals surface area contributed by atoms with Gasteiger partial charge in [-0.3, -0.25) is 0 Å². The van der Waals surface area contributed by atoms with Crippen molar-refractivity contribution in [1.29, 1.82) is 0 Å². The van der Waals surface area contributed by atoms with Crippen molar-refractivity contribution < 1.29 is 32.7 Å². The third-order valence-corrected chi connectivity index (χ3v) is 0. The standard InChI is InChI=1S/C2H5.H2N.Y/c1-2;;/h1H2,2H3;1H2;/q2*-1;. The maximum Gasteiger partial charge on any atom is 0 e. The Labute approximate surface area is 52.6 Å². The van der Waals surface area contributed by atoms with Crippen LogP contribution in [0.3, 0.4) is 0 Å². The van der Waals surface area contributed by atoms with Crippen molar-refractivity contribution in [3.63, 3.8) is 0 Å². The van der Waals surface area contributed by atoms with Crippen LogP contribution in [0, 0.1) is 6.92 Å². The Morgan fingerprint density at radius 1 is 1.25 bits per heavy atom. The maximum atomic E-state index is 3.25. The zero-order valence-electron chi connectivity index (χ0n) is 2.86. The summed E-state index contributed by atoms with van der Waals surface area (Å²) in [4.78, 5) is 0. The van der Waals surface area contributed by atoms with E-state index in [-0.39, 0.29) is 38.9 Å². The van der Waals surface area contributed by atoms with Gasteiger partial charge in [0.2, 0.25) is 0 Å². The normalized spacial score (nSPS) is 1.50. The van der Waals surface area contributed by atoms with E-state index in [1.165, 1.54) is 0 Å². The molecule has 0 aliphatic heterocycles. The molecule has 0 aromatic carbocycles. The van der Waals surface area contributed by atoms with E-state index >= 15 is 0 Å². The molecule has 0 aromatic rings. The largest absolute Gasteiger partial charge is 0.693 e. The quantitative estimate of drug-likeness (QED) is 0.450. The molecule has 0 heterocycles. The van der Waals surface area contributed by atoms with Gasteiger partial charge in [-0.25, -0.2) is 0 Å². The van der Waals surface area contributed by atoms with Gasteiger partial charge < -0.3 is 13.1 Å². The molecule has 0 fully saturated rings. The van der Waals surface area contributed by atoms with Gasteiger partial charge in [0.15, 0.2) is 0 Å². The summed E-state index contributed by atoms with van der Waals surface area (Å²) in [6, 6.07) is 0. The third-order valence-electron chi connectivity index (χ3n) is 0. The van der Waals surface area contributed by atoms with Crippen LogP contribution in [0.5, 0.6) is 0 Å². The molecule has 25 valence electrons. The summed E-state index contributed by atoms with van der Waals surface area (Å²) in [7, 11) is 0. The Hall–Kier alpha value is 1.06. The van der Waals surface area contributed by atoms with Crippen molar-refractivity contribution >= 4 is 0 Å². The van der Waals surface area contributed by atoms with Crippen LogP contribution in [0.1, 0.15) is 6.92 Å². The molecule has 0 saturated carbocycles. The molecule has 0 rings (SSSR count). The van der Waals surface area contributed by atoms with Gasteiger partial charge in [-0.2, -0.15) is 6.92 Å². The molecule has 0 unspecified atom stereocenters. The first kappa shape index (κ1) is 19.6. The summed E-state index contributed by atoms with van der Waals surface area (Å²) < 4.78 is 0. The van der Waals surface area contributed by atoms with Crippen LogP contribution in [-0.2, 0) is 32.7 Å². The summed E-state index contributed by atoms with van der Waals surface area (Å²) in [6.45, 7) is 5.00. The first-order valence-electron chi connectivity index (χ1n) is 0.707. The van der Waals surface area contributed by atoms with E-state index in [0.717, 1.165) is 0 Å². The fourth-order valence-electron chi connectivity index (χ4n) is 0. The molecule has 0 aliphatic rings. The van der Waals surface area contributed by atoms with Crippen molar-refractivity contribution in [3.8, 4) is 0 Å². The second-order valence-corrected chi connectivity index (χ2v) is 0. The number of nitrogens with two attached hydrogens (primary N) is 1. The molecule has 1 nitrogen and oxygen atoms in total. The number of hydrogen-bond donors (Lipinski definition) is 0. The summed E-state index contributed by atoms with van der Waals surface area (Å²) in [5.74, 6) is 0. The molecule has 0 aliphatic carbocycles. The van der Waals surface area contributed by atoms with E-state index in [0.29, 0.717) is 0 Å². The Kier molecular flexibility index (Phi) is 165. The maximum absolute atomic E-state index is 3.25. The van der Waals surface area contributed by atoms with Gasteiger partial charge in [0.25, 0.3) is 0 Å². The monoisotopic (exact) mass is 134 g/mol. The zero-order valence-corrected chi connectivity index (χ0v) is 5.70. The average Bonchev–Trinajstić information content (AvgIpc) is 1.00. The minimum absolute atomic E-state index is 0. The molecule has 0 bridgehead atoms. The third kappa shape index (κ3) is 11.5.